The SMILES string of the molecule is CCOC(=O)c1cn(C2CC2)c2cc(C3CCN(C(C)=O)CC3)c(F)cc2c1=O. The molecule has 1 aliphatic heterocycles. The van der Waals surface area contributed by atoms with E-state index in [1.165, 1.54) is 6.07 Å². The average Bonchev–Trinajstić information content (AvgIpc) is 3.53. The number of halogens is 1. The maximum absolute atomic E-state index is 15.0. The lowest BCUT2D eigenvalue weighted by Gasteiger charge is -2.31. The Labute approximate surface area is 168 Å². The van der Waals surface area contributed by atoms with Gasteiger partial charge in [-0.05, 0) is 56.2 Å². The van der Waals surface area contributed by atoms with Crippen LogP contribution in [0.2, 0.25) is 0 Å². The third kappa shape index (κ3) is 3.66. The van der Waals surface area contributed by atoms with Crippen LogP contribution in [0.1, 0.15) is 67.4 Å². The number of rotatable bonds is 4. The quantitative estimate of drug-likeness (QED) is 0.738. The normalized spacial score (nSPS) is 17.6. The van der Waals surface area contributed by atoms with Gasteiger partial charge in [-0.25, -0.2) is 9.18 Å². The summed E-state index contributed by atoms with van der Waals surface area (Å²) in [6.07, 6.45) is 4.88. The molecule has 1 aromatic heterocycles. The number of hydrogen-bond donors (Lipinski definition) is 0. The van der Waals surface area contributed by atoms with E-state index in [-0.39, 0.29) is 35.4 Å². The van der Waals surface area contributed by atoms with Crippen LogP contribution in [0.15, 0.2) is 23.1 Å². The van der Waals surface area contributed by atoms with Crippen LogP contribution in [0.4, 0.5) is 4.39 Å². The number of ether oxygens (including phenoxy) is 1. The van der Waals surface area contributed by atoms with Gasteiger partial charge in [0, 0.05) is 37.6 Å². The zero-order valence-corrected chi connectivity index (χ0v) is 16.7. The second-order valence-corrected chi connectivity index (χ2v) is 7.90. The Bertz CT molecular complexity index is 1030. The third-order valence-corrected chi connectivity index (χ3v) is 5.97. The van der Waals surface area contributed by atoms with E-state index in [1.807, 2.05) is 4.57 Å². The largest absolute Gasteiger partial charge is 0.462 e. The Morgan fingerprint density at radius 2 is 1.86 bits per heavy atom. The molecule has 4 rings (SSSR count). The first-order valence-corrected chi connectivity index (χ1v) is 10.2. The highest BCUT2D eigenvalue weighted by Crippen LogP contribution is 2.39. The predicted octanol–water partition coefficient (Wildman–Crippen LogP) is 3.38. The standard InChI is InChI=1S/C22H25FN2O4/c1-3-29-22(28)18-12-25(15-4-5-15)20-11-16(19(23)10-17(20)21(18)27)14-6-8-24(9-7-14)13(2)26/h10-12,14-15H,3-9H2,1-2H3. The van der Waals surface area contributed by atoms with Gasteiger partial charge in [0.05, 0.1) is 12.1 Å². The van der Waals surface area contributed by atoms with Crippen molar-refractivity contribution in [2.75, 3.05) is 19.7 Å². The smallest absolute Gasteiger partial charge is 0.343 e. The van der Waals surface area contributed by atoms with Crippen LogP contribution in [-0.2, 0) is 9.53 Å². The molecule has 2 aliphatic rings. The number of likely N-dealkylation sites (tertiary alicyclic amines) is 1. The van der Waals surface area contributed by atoms with Gasteiger partial charge in [0.2, 0.25) is 11.3 Å². The molecule has 6 nitrogen and oxygen atoms in total. The number of hydrogen-bond acceptors (Lipinski definition) is 4. The summed E-state index contributed by atoms with van der Waals surface area (Å²) in [6, 6.07) is 3.25. The number of piperidine rings is 1. The van der Waals surface area contributed by atoms with E-state index in [2.05, 4.69) is 0 Å². The lowest BCUT2D eigenvalue weighted by Crippen LogP contribution is -2.36. The zero-order chi connectivity index (χ0) is 20.7. The molecule has 0 spiro atoms. The van der Waals surface area contributed by atoms with Crippen LogP contribution >= 0.6 is 0 Å². The zero-order valence-electron chi connectivity index (χ0n) is 16.7. The van der Waals surface area contributed by atoms with Crippen molar-refractivity contribution in [2.45, 2.75) is 51.5 Å². The van der Waals surface area contributed by atoms with Crippen LogP contribution in [-0.4, -0.2) is 41.0 Å². The van der Waals surface area contributed by atoms with E-state index in [4.69, 9.17) is 4.74 Å². The molecule has 1 amide bonds. The van der Waals surface area contributed by atoms with Crippen molar-refractivity contribution in [1.29, 1.82) is 0 Å². The number of pyridine rings is 1. The van der Waals surface area contributed by atoms with Gasteiger partial charge < -0.3 is 14.2 Å². The minimum absolute atomic E-state index is 0.00230. The maximum atomic E-state index is 15.0. The first kappa shape index (κ1) is 19.6. The number of amides is 1. The molecule has 2 fully saturated rings. The fourth-order valence-corrected chi connectivity index (χ4v) is 4.21. The fourth-order valence-electron chi connectivity index (χ4n) is 4.21. The number of benzene rings is 1. The average molecular weight is 400 g/mol. The lowest BCUT2D eigenvalue weighted by atomic mass is 9.88. The Morgan fingerprint density at radius 3 is 2.45 bits per heavy atom. The molecule has 29 heavy (non-hydrogen) atoms. The van der Waals surface area contributed by atoms with Crippen molar-refractivity contribution >= 4 is 22.8 Å². The van der Waals surface area contributed by atoms with Crippen molar-refractivity contribution in [2.24, 2.45) is 0 Å². The predicted molar refractivity (Wildman–Crippen MR) is 107 cm³/mol. The molecule has 0 atom stereocenters. The van der Waals surface area contributed by atoms with Crippen molar-refractivity contribution < 1.29 is 18.7 Å². The number of esters is 1. The summed E-state index contributed by atoms with van der Waals surface area (Å²) in [5.41, 5.74) is 0.703. The highest BCUT2D eigenvalue weighted by atomic mass is 19.1. The Morgan fingerprint density at radius 1 is 1.17 bits per heavy atom. The monoisotopic (exact) mass is 400 g/mol. The van der Waals surface area contributed by atoms with Crippen LogP contribution < -0.4 is 5.43 Å². The minimum atomic E-state index is -0.671. The summed E-state index contributed by atoms with van der Waals surface area (Å²) in [4.78, 5) is 38.4. The van der Waals surface area contributed by atoms with Gasteiger partial charge in [-0.15, -0.1) is 0 Å². The van der Waals surface area contributed by atoms with E-state index in [1.54, 1.807) is 31.0 Å². The molecule has 0 bridgehead atoms. The molecule has 7 heteroatoms. The van der Waals surface area contributed by atoms with Crippen molar-refractivity contribution in [3.8, 4) is 0 Å². The first-order valence-electron chi connectivity index (χ1n) is 10.2. The summed E-state index contributed by atoms with van der Waals surface area (Å²) in [5, 5.41) is 0.213. The Hall–Kier alpha value is -2.70. The third-order valence-electron chi connectivity index (χ3n) is 5.97. The van der Waals surface area contributed by atoms with Crippen molar-refractivity contribution in [3.63, 3.8) is 0 Å². The Balaban J connectivity index is 1.78. The maximum Gasteiger partial charge on any atom is 0.343 e. The molecular formula is C22H25FN2O4. The van der Waals surface area contributed by atoms with E-state index < -0.39 is 17.2 Å². The number of carbonyl (C=O) groups is 2. The van der Waals surface area contributed by atoms with E-state index in [0.29, 0.717) is 37.0 Å². The van der Waals surface area contributed by atoms with Gasteiger partial charge in [0.15, 0.2) is 0 Å². The second kappa shape index (κ2) is 7.61. The van der Waals surface area contributed by atoms with Gasteiger partial charge in [0.25, 0.3) is 0 Å². The van der Waals surface area contributed by atoms with Crippen LogP contribution in [0.25, 0.3) is 10.9 Å². The summed E-state index contributed by atoms with van der Waals surface area (Å²) >= 11 is 0. The molecule has 1 aliphatic carbocycles. The van der Waals surface area contributed by atoms with Gasteiger partial charge in [0.1, 0.15) is 11.4 Å². The number of nitrogens with zero attached hydrogens (tertiary/aromatic N) is 2. The first-order chi connectivity index (χ1) is 13.9. The van der Waals surface area contributed by atoms with Gasteiger partial charge in [-0.2, -0.15) is 0 Å². The molecule has 2 heterocycles. The minimum Gasteiger partial charge on any atom is -0.462 e. The summed E-state index contributed by atoms with van der Waals surface area (Å²) in [7, 11) is 0. The van der Waals surface area contributed by atoms with E-state index in [9.17, 15) is 14.4 Å². The summed E-state index contributed by atoms with van der Waals surface area (Å²) < 4.78 is 22.0. The molecule has 0 radical (unpaired) electrons. The highest BCUT2D eigenvalue weighted by Gasteiger charge is 2.29. The van der Waals surface area contributed by atoms with Gasteiger partial charge >= 0.3 is 5.97 Å². The van der Waals surface area contributed by atoms with Gasteiger partial charge in [-0.3, -0.25) is 9.59 Å². The lowest BCUT2D eigenvalue weighted by molar-refractivity contribution is -0.129. The number of aromatic nitrogens is 1. The van der Waals surface area contributed by atoms with Crippen molar-refractivity contribution in [3.05, 3.63) is 45.5 Å². The molecule has 1 saturated heterocycles. The summed E-state index contributed by atoms with van der Waals surface area (Å²) in [6.45, 7) is 4.61. The number of carbonyl (C=O) groups excluding carboxylic acids is 2. The fraction of sp³-hybridized carbons (Fsp3) is 0.500. The molecule has 0 N–H and O–H groups in total. The molecule has 1 saturated carbocycles. The van der Waals surface area contributed by atoms with E-state index in [0.717, 1.165) is 12.8 Å². The summed E-state index contributed by atoms with van der Waals surface area (Å²) in [5.74, 6) is -1.06. The van der Waals surface area contributed by atoms with Gasteiger partial charge in [-0.1, -0.05) is 0 Å². The van der Waals surface area contributed by atoms with E-state index >= 15 is 4.39 Å². The molecule has 0 unspecified atom stereocenters. The second-order valence-electron chi connectivity index (χ2n) is 7.90. The molecule has 1 aromatic carbocycles. The van der Waals surface area contributed by atoms with Crippen LogP contribution in [0.3, 0.4) is 0 Å². The van der Waals surface area contributed by atoms with Crippen molar-refractivity contribution in [1.82, 2.24) is 9.47 Å². The Kier molecular flexibility index (Phi) is 5.15. The number of fused-ring (bicyclic) bond motifs is 1. The molecular weight excluding hydrogens is 375 g/mol. The van der Waals surface area contributed by atoms with Crippen LogP contribution in [0.5, 0.6) is 0 Å². The topological polar surface area (TPSA) is 68.6 Å². The highest BCUT2D eigenvalue weighted by molar-refractivity contribution is 5.94. The molecule has 154 valence electrons. The van der Waals surface area contributed by atoms with Crippen LogP contribution in [0, 0.1) is 5.82 Å². The molecule has 2 aromatic rings.